The van der Waals surface area contributed by atoms with E-state index in [2.05, 4.69) is 25.2 Å². The van der Waals surface area contributed by atoms with E-state index in [1.165, 1.54) is 46.0 Å². The van der Waals surface area contributed by atoms with Gasteiger partial charge in [-0.25, -0.2) is 27.8 Å². The lowest BCUT2D eigenvalue weighted by Gasteiger charge is -2.07. The zero-order chi connectivity index (χ0) is 26.6. The van der Waals surface area contributed by atoms with Crippen molar-refractivity contribution < 1.29 is 13.2 Å². The van der Waals surface area contributed by atoms with E-state index in [0.717, 1.165) is 0 Å². The van der Waals surface area contributed by atoms with Crippen LogP contribution in [-0.2, 0) is 17.1 Å². The molecule has 0 aliphatic heterocycles. The standard InChI is InChI=1S/C24H20N8O4S/c1-16-21(23(34)32(31(16)2)18-7-4-3-5-8-18)22(33)20(15-25)29-28-17-9-11-19(12-10-17)37(35,36)30-24-26-13-6-14-27-24/h3-14,28H,1-2H3,(H,26,27,30)/b29-20+. The molecule has 0 radical (unpaired) electrons. The molecule has 2 aromatic carbocycles. The molecule has 0 saturated carbocycles. The van der Waals surface area contributed by atoms with Crippen LogP contribution in [0, 0.1) is 18.3 Å². The van der Waals surface area contributed by atoms with Crippen LogP contribution in [0.2, 0.25) is 0 Å². The van der Waals surface area contributed by atoms with E-state index in [4.69, 9.17) is 0 Å². The third-order valence-corrected chi connectivity index (χ3v) is 6.70. The fourth-order valence-corrected chi connectivity index (χ4v) is 4.39. The number of rotatable bonds is 8. The number of hydrazone groups is 1. The van der Waals surface area contributed by atoms with Crippen molar-refractivity contribution in [1.82, 2.24) is 19.3 Å². The van der Waals surface area contributed by atoms with Crippen LogP contribution in [0.5, 0.6) is 0 Å². The van der Waals surface area contributed by atoms with Crippen molar-refractivity contribution in [3.8, 4) is 11.8 Å². The molecule has 12 nitrogen and oxygen atoms in total. The van der Waals surface area contributed by atoms with Crippen LogP contribution in [-0.4, -0.2) is 39.2 Å². The maximum absolute atomic E-state index is 13.1. The molecule has 0 spiro atoms. The first-order chi connectivity index (χ1) is 17.7. The lowest BCUT2D eigenvalue weighted by Crippen LogP contribution is -2.25. The Bertz CT molecular complexity index is 1690. The van der Waals surface area contributed by atoms with Crippen LogP contribution in [0.3, 0.4) is 0 Å². The third kappa shape index (κ3) is 5.14. The van der Waals surface area contributed by atoms with Gasteiger partial charge in [-0.3, -0.25) is 19.7 Å². The molecule has 186 valence electrons. The monoisotopic (exact) mass is 516 g/mol. The van der Waals surface area contributed by atoms with Crippen molar-refractivity contribution >= 4 is 33.2 Å². The van der Waals surface area contributed by atoms with Gasteiger partial charge in [0.2, 0.25) is 17.4 Å². The number of hydrogen-bond acceptors (Lipinski definition) is 9. The first kappa shape index (κ1) is 25.0. The summed E-state index contributed by atoms with van der Waals surface area (Å²) >= 11 is 0. The summed E-state index contributed by atoms with van der Waals surface area (Å²) in [6.45, 7) is 1.60. The van der Waals surface area contributed by atoms with Gasteiger partial charge < -0.3 is 0 Å². The summed E-state index contributed by atoms with van der Waals surface area (Å²) < 4.78 is 30.1. The van der Waals surface area contributed by atoms with E-state index in [1.807, 2.05) is 0 Å². The van der Waals surface area contributed by atoms with Gasteiger partial charge >= 0.3 is 0 Å². The molecule has 0 amide bonds. The fraction of sp³-hybridized carbons (Fsp3) is 0.0833. The predicted octanol–water partition coefficient (Wildman–Crippen LogP) is 2.25. The van der Waals surface area contributed by atoms with E-state index in [1.54, 1.807) is 56.4 Å². The van der Waals surface area contributed by atoms with E-state index < -0.39 is 27.1 Å². The minimum atomic E-state index is -3.93. The average molecular weight is 517 g/mol. The van der Waals surface area contributed by atoms with Gasteiger partial charge in [0.15, 0.2) is 0 Å². The van der Waals surface area contributed by atoms with Crippen LogP contribution in [0.4, 0.5) is 11.6 Å². The minimum Gasteiger partial charge on any atom is -0.286 e. The molecule has 0 fully saturated rings. The number of nitriles is 1. The third-order valence-electron chi connectivity index (χ3n) is 5.36. The maximum atomic E-state index is 13.1. The number of Topliss-reactive ketones (excluding diaryl/α,β-unsaturated/α-hetero) is 1. The van der Waals surface area contributed by atoms with Crippen LogP contribution < -0.4 is 15.7 Å². The Hall–Kier alpha value is -5.09. The average Bonchev–Trinajstić information content (AvgIpc) is 3.12. The number of benzene rings is 2. The van der Waals surface area contributed by atoms with Crippen molar-refractivity contribution in [2.75, 3.05) is 10.1 Å². The number of ketones is 1. The highest BCUT2D eigenvalue weighted by molar-refractivity contribution is 7.92. The van der Waals surface area contributed by atoms with Gasteiger partial charge in [0, 0.05) is 25.1 Å². The largest absolute Gasteiger partial charge is 0.286 e. The molecule has 4 rings (SSSR count). The van der Waals surface area contributed by atoms with Crippen molar-refractivity contribution in [2.45, 2.75) is 11.8 Å². The molecular formula is C24H20N8O4S. The molecule has 37 heavy (non-hydrogen) atoms. The SMILES string of the molecule is Cc1c(C(=O)/C(C#N)=N/Nc2ccc(S(=O)(=O)Nc3ncccn3)cc2)c(=O)n(-c2ccccc2)n1C. The van der Waals surface area contributed by atoms with Crippen LogP contribution >= 0.6 is 0 Å². The summed E-state index contributed by atoms with van der Waals surface area (Å²) in [5, 5.41) is 13.4. The smallest absolute Gasteiger partial charge is 0.283 e. The summed E-state index contributed by atoms with van der Waals surface area (Å²) in [5.74, 6) is -0.914. The summed E-state index contributed by atoms with van der Waals surface area (Å²) in [7, 11) is -2.30. The number of aromatic nitrogens is 4. The molecule has 2 heterocycles. The lowest BCUT2D eigenvalue weighted by atomic mass is 10.1. The maximum Gasteiger partial charge on any atom is 0.283 e. The molecular weight excluding hydrogens is 496 g/mol. The normalized spacial score (nSPS) is 11.5. The first-order valence-electron chi connectivity index (χ1n) is 10.8. The zero-order valence-electron chi connectivity index (χ0n) is 19.7. The number of sulfonamides is 1. The van der Waals surface area contributed by atoms with Gasteiger partial charge in [-0.1, -0.05) is 18.2 Å². The van der Waals surface area contributed by atoms with Gasteiger partial charge in [0.25, 0.3) is 15.6 Å². The van der Waals surface area contributed by atoms with E-state index in [9.17, 15) is 23.3 Å². The number of carbonyl (C=O) groups excluding carboxylic acids is 1. The van der Waals surface area contributed by atoms with Crippen molar-refractivity contribution in [3.05, 3.63) is 94.7 Å². The summed E-state index contributed by atoms with van der Waals surface area (Å²) in [6.07, 6.45) is 2.80. The van der Waals surface area contributed by atoms with Crippen molar-refractivity contribution in [3.63, 3.8) is 0 Å². The lowest BCUT2D eigenvalue weighted by molar-refractivity contribution is 0.106. The number of hydrogen-bond donors (Lipinski definition) is 2. The minimum absolute atomic E-state index is 0.0626. The summed E-state index contributed by atoms with van der Waals surface area (Å²) in [4.78, 5) is 33.7. The Morgan fingerprint density at radius 2 is 1.68 bits per heavy atom. The van der Waals surface area contributed by atoms with Gasteiger partial charge in [-0.2, -0.15) is 10.4 Å². The fourth-order valence-electron chi connectivity index (χ4n) is 3.43. The Balaban J connectivity index is 1.55. The highest BCUT2D eigenvalue weighted by Gasteiger charge is 2.26. The molecule has 0 atom stereocenters. The van der Waals surface area contributed by atoms with E-state index >= 15 is 0 Å². The molecule has 0 unspecified atom stereocenters. The Morgan fingerprint density at radius 3 is 2.30 bits per heavy atom. The number of anilines is 2. The second kappa shape index (κ2) is 10.3. The number of carbonyl (C=O) groups is 1. The van der Waals surface area contributed by atoms with Gasteiger partial charge in [-0.15, -0.1) is 0 Å². The van der Waals surface area contributed by atoms with Crippen molar-refractivity contribution in [1.29, 1.82) is 5.26 Å². The van der Waals surface area contributed by atoms with Crippen LogP contribution in [0.25, 0.3) is 5.69 Å². The Labute approximate surface area is 211 Å². The van der Waals surface area contributed by atoms with Crippen molar-refractivity contribution in [2.24, 2.45) is 12.1 Å². The topological polar surface area (TPSA) is 164 Å². The number of nitrogens with one attached hydrogen (secondary N) is 2. The van der Waals surface area contributed by atoms with Gasteiger partial charge in [-0.05, 0) is 49.4 Å². The highest BCUT2D eigenvalue weighted by atomic mass is 32.2. The van der Waals surface area contributed by atoms with E-state index in [-0.39, 0.29) is 16.4 Å². The Kier molecular flexibility index (Phi) is 6.94. The molecule has 2 N–H and O–H groups in total. The van der Waals surface area contributed by atoms with Gasteiger partial charge in [0.05, 0.1) is 16.3 Å². The zero-order valence-corrected chi connectivity index (χ0v) is 20.5. The van der Waals surface area contributed by atoms with Crippen LogP contribution in [0.1, 0.15) is 16.1 Å². The molecule has 4 aromatic rings. The van der Waals surface area contributed by atoms with Gasteiger partial charge in [0.1, 0.15) is 11.6 Å². The number of para-hydroxylation sites is 1. The molecule has 0 saturated heterocycles. The van der Waals surface area contributed by atoms with E-state index in [0.29, 0.717) is 17.1 Å². The second-order valence-electron chi connectivity index (χ2n) is 7.65. The Morgan fingerprint density at radius 1 is 1.03 bits per heavy atom. The molecule has 0 bridgehead atoms. The second-order valence-corrected chi connectivity index (χ2v) is 9.33. The molecule has 0 aliphatic rings. The number of nitrogens with zero attached hydrogens (tertiary/aromatic N) is 6. The molecule has 13 heteroatoms. The van der Waals surface area contributed by atoms with Crippen LogP contribution in [0.15, 0.2) is 87.8 Å². The quantitative estimate of drug-likeness (QED) is 0.204. The first-order valence-corrected chi connectivity index (χ1v) is 12.2. The predicted molar refractivity (Wildman–Crippen MR) is 136 cm³/mol. The molecule has 0 aliphatic carbocycles. The summed E-state index contributed by atoms with van der Waals surface area (Å²) in [5.41, 5.74) is 2.50. The summed E-state index contributed by atoms with van der Waals surface area (Å²) in [6, 6.07) is 17.5. The molecule has 2 aromatic heterocycles. The highest BCUT2D eigenvalue weighted by Crippen LogP contribution is 2.17.